The van der Waals surface area contributed by atoms with Crippen molar-refractivity contribution in [1.82, 2.24) is 0 Å². The molecule has 0 saturated carbocycles. The molecule has 0 radical (unpaired) electrons. The van der Waals surface area contributed by atoms with Crippen molar-refractivity contribution in [2.45, 2.75) is 18.2 Å². The highest BCUT2D eigenvalue weighted by molar-refractivity contribution is 9.11. The highest BCUT2D eigenvalue weighted by Crippen LogP contribution is 2.35. The van der Waals surface area contributed by atoms with E-state index in [1.54, 1.807) is 6.92 Å². The Labute approximate surface area is 126 Å². The molecule has 6 nitrogen and oxygen atoms in total. The van der Waals surface area contributed by atoms with Gasteiger partial charge in [0.2, 0.25) is 0 Å². The quantitative estimate of drug-likeness (QED) is 0.757. The van der Waals surface area contributed by atoms with Crippen LogP contribution in [0, 0.1) is 0 Å². The minimum atomic E-state index is -4.36. The molecule has 0 unspecified atom stereocenters. The number of nitrogens with zero attached hydrogens (tertiary/aromatic N) is 2. The molecule has 9 heteroatoms. The van der Waals surface area contributed by atoms with E-state index in [4.69, 9.17) is 4.55 Å². The van der Waals surface area contributed by atoms with E-state index in [-0.39, 0.29) is 26.2 Å². The van der Waals surface area contributed by atoms with Crippen LogP contribution in [-0.4, -0.2) is 24.6 Å². The molecule has 1 aromatic rings. The first-order chi connectivity index (χ1) is 8.70. The van der Waals surface area contributed by atoms with Gasteiger partial charge in [-0.2, -0.15) is 13.5 Å². The third kappa shape index (κ3) is 2.88. The van der Waals surface area contributed by atoms with E-state index in [0.29, 0.717) is 11.4 Å². The smallest absolute Gasteiger partial charge is 0.282 e. The number of carbonyl (C=O) groups excluding carboxylic acids is 1. The van der Waals surface area contributed by atoms with Gasteiger partial charge in [-0.15, -0.1) is 0 Å². The molecule has 1 heterocycles. The molecule has 0 atom stereocenters. The first-order valence-corrected chi connectivity index (χ1v) is 8.06. The van der Waals surface area contributed by atoms with Gasteiger partial charge in [0, 0.05) is 14.7 Å². The van der Waals surface area contributed by atoms with E-state index >= 15 is 0 Å². The van der Waals surface area contributed by atoms with E-state index in [2.05, 4.69) is 37.0 Å². The van der Waals surface area contributed by atoms with Gasteiger partial charge >= 0.3 is 0 Å². The summed E-state index contributed by atoms with van der Waals surface area (Å²) >= 11 is 6.12. The van der Waals surface area contributed by atoms with Crippen molar-refractivity contribution in [3.8, 4) is 0 Å². The summed E-state index contributed by atoms with van der Waals surface area (Å²) in [5.74, 6) is -0.198. The predicted molar refractivity (Wildman–Crippen MR) is 76.9 cm³/mol. The fourth-order valence-corrected chi connectivity index (χ4v) is 4.67. The van der Waals surface area contributed by atoms with Crippen molar-refractivity contribution in [2.75, 3.05) is 5.01 Å². The van der Waals surface area contributed by atoms with E-state index < -0.39 is 10.1 Å². The molecule has 19 heavy (non-hydrogen) atoms. The summed E-state index contributed by atoms with van der Waals surface area (Å²) in [6, 6.07) is 2.82. The molecular formula is C10H8Br2N2O4S. The zero-order valence-corrected chi connectivity index (χ0v) is 13.6. The first kappa shape index (κ1) is 14.6. The molecule has 2 rings (SSSR count). The summed E-state index contributed by atoms with van der Waals surface area (Å²) in [5.41, 5.74) is 1.09. The monoisotopic (exact) mass is 410 g/mol. The van der Waals surface area contributed by atoms with E-state index in [1.165, 1.54) is 17.1 Å². The minimum Gasteiger partial charge on any atom is -0.282 e. The lowest BCUT2D eigenvalue weighted by atomic mass is 10.3. The van der Waals surface area contributed by atoms with E-state index in [0.717, 1.165) is 0 Å². The predicted octanol–water partition coefficient (Wildman–Crippen LogP) is 2.57. The number of hydrogen-bond acceptors (Lipinski definition) is 4. The molecule has 0 aliphatic carbocycles. The maximum absolute atomic E-state index is 11.7. The minimum absolute atomic E-state index is 0.145. The Hall–Kier alpha value is -0.770. The number of carbonyl (C=O) groups is 1. The largest absolute Gasteiger partial charge is 0.296 e. The fraction of sp³-hybridized carbons (Fsp3) is 0.200. The van der Waals surface area contributed by atoms with Crippen LogP contribution in [0.5, 0.6) is 0 Å². The summed E-state index contributed by atoms with van der Waals surface area (Å²) in [6.07, 6.45) is 0.231. The van der Waals surface area contributed by atoms with Gasteiger partial charge in [0.05, 0.1) is 12.1 Å². The number of hydrogen-bond donors (Lipinski definition) is 1. The maximum atomic E-state index is 11.7. The van der Waals surface area contributed by atoms with Crippen molar-refractivity contribution >= 4 is 59.3 Å². The van der Waals surface area contributed by atoms with Crippen LogP contribution in [0.15, 0.2) is 31.1 Å². The Bertz CT molecular complexity index is 676. The molecule has 1 aliphatic heterocycles. The highest BCUT2D eigenvalue weighted by Gasteiger charge is 2.26. The third-order valence-electron chi connectivity index (χ3n) is 2.40. The Morgan fingerprint density at radius 2 is 1.84 bits per heavy atom. The molecule has 102 valence electrons. The van der Waals surface area contributed by atoms with Gasteiger partial charge in [0.15, 0.2) is 0 Å². The lowest BCUT2D eigenvalue weighted by Crippen LogP contribution is -2.19. The van der Waals surface area contributed by atoms with E-state index in [1.807, 2.05) is 0 Å². The molecule has 0 fully saturated rings. The summed E-state index contributed by atoms with van der Waals surface area (Å²) in [4.78, 5) is 11.4. The Balaban J connectivity index is 2.56. The molecule has 0 saturated heterocycles. The topological polar surface area (TPSA) is 87.0 Å². The van der Waals surface area contributed by atoms with Crippen molar-refractivity contribution in [2.24, 2.45) is 5.10 Å². The summed E-state index contributed by atoms with van der Waals surface area (Å²) < 4.78 is 31.8. The van der Waals surface area contributed by atoms with Crippen LogP contribution in [0.3, 0.4) is 0 Å². The maximum Gasteiger partial charge on any atom is 0.296 e. The zero-order chi connectivity index (χ0) is 14.4. The number of amides is 1. The van der Waals surface area contributed by atoms with Crippen LogP contribution >= 0.6 is 31.9 Å². The Morgan fingerprint density at radius 3 is 2.21 bits per heavy atom. The molecule has 1 aromatic carbocycles. The van der Waals surface area contributed by atoms with Gasteiger partial charge < -0.3 is 0 Å². The second-order valence-electron chi connectivity index (χ2n) is 3.93. The summed E-state index contributed by atoms with van der Waals surface area (Å²) in [7, 11) is -4.36. The Morgan fingerprint density at radius 1 is 1.32 bits per heavy atom. The van der Waals surface area contributed by atoms with Crippen molar-refractivity contribution in [3.05, 3.63) is 21.1 Å². The lowest BCUT2D eigenvalue weighted by Gasteiger charge is -2.14. The number of benzene rings is 1. The summed E-state index contributed by atoms with van der Waals surface area (Å²) in [6.45, 7) is 1.73. The number of anilines is 1. The number of hydrazone groups is 1. The summed E-state index contributed by atoms with van der Waals surface area (Å²) in [5, 5.41) is 5.25. The van der Waals surface area contributed by atoms with Crippen LogP contribution in [0.4, 0.5) is 5.69 Å². The van der Waals surface area contributed by atoms with Crippen LogP contribution in [0.25, 0.3) is 0 Å². The first-order valence-electron chi connectivity index (χ1n) is 5.03. The van der Waals surface area contributed by atoms with Crippen LogP contribution in [-0.2, 0) is 14.9 Å². The molecular weight excluding hydrogens is 404 g/mol. The average Bonchev–Trinajstić information content (AvgIpc) is 2.54. The number of rotatable bonds is 2. The standard InChI is InChI=1S/C10H8Br2N2O4S/c1-5-2-9(15)14(13-5)6-3-7(11)10(8(12)4-6)19(16,17)18/h3-4H,2H2,1H3,(H,16,17,18). The van der Waals surface area contributed by atoms with Crippen LogP contribution in [0.2, 0.25) is 0 Å². The van der Waals surface area contributed by atoms with Gasteiger partial charge in [-0.05, 0) is 50.9 Å². The zero-order valence-electron chi connectivity index (χ0n) is 9.59. The second-order valence-corrected chi connectivity index (χ2v) is 7.00. The lowest BCUT2D eigenvalue weighted by molar-refractivity contribution is -0.116. The van der Waals surface area contributed by atoms with Gasteiger partial charge in [-0.25, -0.2) is 5.01 Å². The molecule has 0 aromatic heterocycles. The van der Waals surface area contributed by atoms with Crippen molar-refractivity contribution in [3.63, 3.8) is 0 Å². The van der Waals surface area contributed by atoms with Crippen molar-refractivity contribution in [1.29, 1.82) is 0 Å². The highest BCUT2D eigenvalue weighted by atomic mass is 79.9. The van der Waals surface area contributed by atoms with E-state index in [9.17, 15) is 13.2 Å². The van der Waals surface area contributed by atoms with Gasteiger partial charge in [-0.3, -0.25) is 9.35 Å². The normalized spacial score (nSPS) is 15.9. The average molecular weight is 412 g/mol. The number of halogens is 2. The molecule has 0 bridgehead atoms. The molecule has 0 spiro atoms. The molecule has 1 aliphatic rings. The van der Waals surface area contributed by atoms with Gasteiger partial charge in [0.25, 0.3) is 16.0 Å². The van der Waals surface area contributed by atoms with Gasteiger partial charge in [-0.1, -0.05) is 0 Å². The fourth-order valence-electron chi connectivity index (χ4n) is 1.67. The van der Waals surface area contributed by atoms with Gasteiger partial charge in [0.1, 0.15) is 4.90 Å². The third-order valence-corrected chi connectivity index (χ3v) is 5.13. The Kier molecular flexibility index (Phi) is 3.83. The molecule has 1 N–H and O–H groups in total. The SMILES string of the molecule is CC1=NN(c2cc(Br)c(S(=O)(=O)O)c(Br)c2)C(=O)C1. The molecule has 1 amide bonds. The van der Waals surface area contributed by atoms with Crippen LogP contribution in [0.1, 0.15) is 13.3 Å². The van der Waals surface area contributed by atoms with Crippen molar-refractivity contribution < 1.29 is 17.8 Å². The second kappa shape index (κ2) is 4.97. The van der Waals surface area contributed by atoms with Crippen LogP contribution < -0.4 is 5.01 Å².